The van der Waals surface area contributed by atoms with Gasteiger partial charge >= 0.3 is 5.97 Å². The van der Waals surface area contributed by atoms with Crippen LogP contribution in [0.1, 0.15) is 30.2 Å². The number of hydrogen-bond acceptors (Lipinski definition) is 3. The van der Waals surface area contributed by atoms with Crippen LogP contribution in [0.25, 0.3) is 10.2 Å². The minimum Gasteiger partial charge on any atom is -0.481 e. The quantitative estimate of drug-likeness (QED) is 0.906. The number of carbonyl (C=O) groups is 1. The first-order valence-corrected chi connectivity index (χ1v) is 7.55. The van der Waals surface area contributed by atoms with Crippen molar-refractivity contribution in [2.24, 2.45) is 5.92 Å². The number of carboxylic acid groups (broad SMARTS) is 1. The molecule has 18 heavy (non-hydrogen) atoms. The number of nitrogens with zero attached hydrogens (tertiary/aromatic N) is 1. The van der Waals surface area contributed by atoms with Gasteiger partial charge in [-0.25, -0.2) is 4.98 Å². The molecule has 2 atom stereocenters. The van der Waals surface area contributed by atoms with Crippen LogP contribution in [0, 0.1) is 5.92 Å². The fourth-order valence-corrected chi connectivity index (χ4v) is 4.13. The van der Waals surface area contributed by atoms with E-state index < -0.39 is 5.97 Å². The van der Waals surface area contributed by atoms with Gasteiger partial charge in [-0.15, -0.1) is 11.3 Å². The second-order valence-electron chi connectivity index (χ2n) is 4.65. The Kier molecular flexibility index (Phi) is 3.11. The van der Waals surface area contributed by atoms with Crippen molar-refractivity contribution in [3.8, 4) is 0 Å². The molecule has 1 N–H and O–H groups in total. The summed E-state index contributed by atoms with van der Waals surface area (Å²) in [6, 6.07) is 6.01. The van der Waals surface area contributed by atoms with E-state index in [9.17, 15) is 9.90 Å². The van der Waals surface area contributed by atoms with Gasteiger partial charge in [-0.2, -0.15) is 0 Å². The summed E-state index contributed by atoms with van der Waals surface area (Å²) < 4.78 is 2.14. The molecule has 0 bridgehead atoms. The van der Waals surface area contributed by atoms with Crippen molar-refractivity contribution in [1.29, 1.82) is 0 Å². The molecule has 0 radical (unpaired) electrons. The number of fused-ring (bicyclic) bond motifs is 1. The molecule has 1 aliphatic rings. The minimum atomic E-state index is -0.682. The van der Waals surface area contributed by atoms with Gasteiger partial charge in [-0.3, -0.25) is 4.79 Å². The van der Waals surface area contributed by atoms with Crippen LogP contribution < -0.4 is 0 Å². The number of hydrogen-bond donors (Lipinski definition) is 1. The lowest BCUT2D eigenvalue weighted by Crippen LogP contribution is -2.16. The number of aliphatic carboxylic acids is 1. The Morgan fingerprint density at radius 2 is 2.28 bits per heavy atom. The van der Waals surface area contributed by atoms with E-state index in [1.165, 1.54) is 0 Å². The van der Waals surface area contributed by atoms with Crippen LogP contribution in [0.2, 0.25) is 0 Å². The second-order valence-corrected chi connectivity index (χ2v) is 6.62. The van der Waals surface area contributed by atoms with Crippen LogP contribution in [0.4, 0.5) is 0 Å². The summed E-state index contributed by atoms with van der Waals surface area (Å²) in [5, 5.41) is 10.2. The van der Waals surface area contributed by atoms with Crippen molar-refractivity contribution in [1.82, 2.24) is 4.98 Å². The number of halogens is 1. The minimum absolute atomic E-state index is 0.0960. The van der Waals surface area contributed by atoms with Crippen LogP contribution in [0.3, 0.4) is 0 Å². The summed E-state index contributed by atoms with van der Waals surface area (Å²) >= 11 is 5.06. The molecule has 2 unspecified atom stereocenters. The molecule has 0 saturated heterocycles. The van der Waals surface area contributed by atoms with E-state index in [0.29, 0.717) is 0 Å². The summed E-state index contributed by atoms with van der Waals surface area (Å²) in [6.45, 7) is 0. The Morgan fingerprint density at radius 1 is 1.44 bits per heavy atom. The molecule has 1 heterocycles. The number of aromatic nitrogens is 1. The average Bonchev–Trinajstić information content (AvgIpc) is 2.93. The zero-order valence-electron chi connectivity index (χ0n) is 9.60. The van der Waals surface area contributed by atoms with E-state index in [-0.39, 0.29) is 11.8 Å². The fourth-order valence-electron chi connectivity index (χ4n) is 2.63. The predicted octanol–water partition coefficient (Wildman–Crippen LogP) is 4.03. The molecular weight excluding hydrogens is 314 g/mol. The van der Waals surface area contributed by atoms with Crippen molar-refractivity contribution in [3.05, 3.63) is 27.7 Å². The first-order valence-electron chi connectivity index (χ1n) is 5.94. The average molecular weight is 326 g/mol. The molecule has 3 rings (SSSR count). The van der Waals surface area contributed by atoms with Gasteiger partial charge in [0.1, 0.15) is 0 Å². The lowest BCUT2D eigenvalue weighted by molar-refractivity contribution is -0.142. The van der Waals surface area contributed by atoms with Gasteiger partial charge in [0, 0.05) is 10.4 Å². The van der Waals surface area contributed by atoms with Crippen LogP contribution in [0.15, 0.2) is 22.7 Å². The van der Waals surface area contributed by atoms with Crippen molar-refractivity contribution < 1.29 is 9.90 Å². The normalized spacial score (nSPS) is 23.6. The first-order chi connectivity index (χ1) is 8.65. The van der Waals surface area contributed by atoms with Crippen molar-refractivity contribution in [3.63, 3.8) is 0 Å². The van der Waals surface area contributed by atoms with E-state index >= 15 is 0 Å². The third-order valence-corrected chi connectivity index (χ3v) is 5.18. The Labute approximate surface area is 117 Å². The second kappa shape index (κ2) is 4.63. The standard InChI is InChI=1S/C13H12BrNO2S/c14-7-4-5-11-10(6-7)15-12(18-11)8-2-1-3-9(8)13(16)17/h4-6,8-9H,1-3H2,(H,16,17). The third-order valence-electron chi connectivity index (χ3n) is 3.52. The van der Waals surface area contributed by atoms with Crippen molar-refractivity contribution in [2.75, 3.05) is 0 Å². The Balaban J connectivity index is 2.01. The van der Waals surface area contributed by atoms with E-state index in [1.807, 2.05) is 18.2 Å². The van der Waals surface area contributed by atoms with Gasteiger partial charge in [0.2, 0.25) is 0 Å². The van der Waals surface area contributed by atoms with Crippen molar-refractivity contribution >= 4 is 43.5 Å². The molecule has 0 aliphatic heterocycles. The van der Waals surface area contributed by atoms with Gasteiger partial charge < -0.3 is 5.11 Å². The summed E-state index contributed by atoms with van der Waals surface area (Å²) in [7, 11) is 0. The van der Waals surface area contributed by atoms with Crippen LogP contribution in [0.5, 0.6) is 0 Å². The number of carboxylic acids is 1. The maximum absolute atomic E-state index is 11.2. The fraction of sp³-hybridized carbons (Fsp3) is 0.385. The Morgan fingerprint density at radius 3 is 3.06 bits per heavy atom. The highest BCUT2D eigenvalue weighted by molar-refractivity contribution is 9.10. The lowest BCUT2D eigenvalue weighted by atomic mass is 9.97. The van der Waals surface area contributed by atoms with Gasteiger partial charge in [0.05, 0.1) is 21.1 Å². The molecule has 2 aromatic rings. The number of benzene rings is 1. The molecule has 3 nitrogen and oxygen atoms in total. The molecule has 5 heteroatoms. The Bertz CT molecular complexity index is 610. The highest BCUT2D eigenvalue weighted by Gasteiger charge is 2.35. The summed E-state index contributed by atoms with van der Waals surface area (Å²) in [5.74, 6) is -0.842. The van der Waals surface area contributed by atoms with Gasteiger partial charge in [0.15, 0.2) is 0 Å². The molecule has 1 aromatic heterocycles. The van der Waals surface area contributed by atoms with Crippen LogP contribution in [-0.2, 0) is 4.79 Å². The summed E-state index contributed by atoms with van der Waals surface area (Å²) in [6.07, 6.45) is 2.71. The smallest absolute Gasteiger partial charge is 0.307 e. The largest absolute Gasteiger partial charge is 0.481 e. The van der Waals surface area contributed by atoms with Gasteiger partial charge in [-0.1, -0.05) is 22.4 Å². The van der Waals surface area contributed by atoms with E-state index in [1.54, 1.807) is 11.3 Å². The maximum atomic E-state index is 11.2. The zero-order valence-corrected chi connectivity index (χ0v) is 12.0. The predicted molar refractivity (Wildman–Crippen MR) is 75.0 cm³/mol. The molecule has 1 aromatic carbocycles. The molecule has 0 spiro atoms. The zero-order chi connectivity index (χ0) is 12.7. The third kappa shape index (κ3) is 2.06. The molecule has 1 fully saturated rings. The highest BCUT2D eigenvalue weighted by atomic mass is 79.9. The highest BCUT2D eigenvalue weighted by Crippen LogP contribution is 2.42. The Hall–Kier alpha value is -0.940. The maximum Gasteiger partial charge on any atom is 0.307 e. The summed E-state index contributed by atoms with van der Waals surface area (Å²) in [5.41, 5.74) is 0.959. The SMILES string of the molecule is O=C(O)C1CCCC1c1nc2cc(Br)ccc2s1. The molecule has 1 aliphatic carbocycles. The van der Waals surface area contributed by atoms with E-state index in [0.717, 1.165) is 39.0 Å². The molecule has 94 valence electrons. The molecule has 0 amide bonds. The molecule has 1 saturated carbocycles. The summed E-state index contributed by atoms with van der Waals surface area (Å²) in [4.78, 5) is 15.8. The van der Waals surface area contributed by atoms with E-state index in [2.05, 4.69) is 20.9 Å². The van der Waals surface area contributed by atoms with Gasteiger partial charge in [0.25, 0.3) is 0 Å². The van der Waals surface area contributed by atoms with Crippen LogP contribution in [-0.4, -0.2) is 16.1 Å². The topological polar surface area (TPSA) is 50.2 Å². The first kappa shape index (κ1) is 12.1. The van der Waals surface area contributed by atoms with E-state index in [4.69, 9.17) is 0 Å². The van der Waals surface area contributed by atoms with Crippen molar-refractivity contribution in [2.45, 2.75) is 25.2 Å². The lowest BCUT2D eigenvalue weighted by Gasteiger charge is -2.11. The van der Waals surface area contributed by atoms with Gasteiger partial charge in [-0.05, 0) is 31.0 Å². The molecular formula is C13H12BrNO2S. The number of thiazole rings is 1. The van der Waals surface area contributed by atoms with Crippen LogP contribution >= 0.6 is 27.3 Å². The monoisotopic (exact) mass is 325 g/mol. The number of rotatable bonds is 2.